The number of hydrogen-bond acceptors (Lipinski definition) is 2. The van der Waals surface area contributed by atoms with Crippen molar-refractivity contribution >= 4 is 21.6 Å². The standard InChI is InChI=1S/C14H16BrFN2/c1-9(2)14(5-6-14)8-18-11-4-3-10(7-17)12(15)13(11)16/h3-4,9,18H,5-6,8H2,1-2H3. The van der Waals surface area contributed by atoms with E-state index in [-0.39, 0.29) is 10.3 Å². The summed E-state index contributed by atoms with van der Waals surface area (Å²) in [6, 6.07) is 5.21. The Morgan fingerprint density at radius 1 is 1.50 bits per heavy atom. The van der Waals surface area contributed by atoms with Crippen LogP contribution in [0.1, 0.15) is 32.3 Å². The Bertz CT molecular complexity index is 501. The van der Waals surface area contributed by atoms with Gasteiger partial charge in [-0.05, 0) is 52.2 Å². The molecule has 1 N–H and O–H groups in total. The summed E-state index contributed by atoms with van der Waals surface area (Å²) in [4.78, 5) is 0. The van der Waals surface area contributed by atoms with Gasteiger partial charge in [0.05, 0.1) is 15.7 Å². The maximum absolute atomic E-state index is 14.0. The summed E-state index contributed by atoms with van der Waals surface area (Å²) in [5.41, 5.74) is 1.11. The third-order valence-electron chi connectivity index (χ3n) is 3.95. The second-order valence-corrected chi connectivity index (χ2v) is 6.06. The van der Waals surface area contributed by atoms with E-state index in [1.807, 2.05) is 6.07 Å². The SMILES string of the molecule is CC(C)C1(CNc2ccc(C#N)c(Br)c2F)CC1. The van der Waals surface area contributed by atoms with Crippen LogP contribution in [0.5, 0.6) is 0 Å². The lowest BCUT2D eigenvalue weighted by molar-refractivity contribution is 0.379. The zero-order valence-electron chi connectivity index (χ0n) is 10.6. The summed E-state index contributed by atoms with van der Waals surface area (Å²) in [6.45, 7) is 5.21. The van der Waals surface area contributed by atoms with Gasteiger partial charge in [-0.25, -0.2) is 4.39 Å². The normalized spacial score (nSPS) is 16.4. The van der Waals surface area contributed by atoms with E-state index in [1.165, 1.54) is 12.8 Å². The molecule has 18 heavy (non-hydrogen) atoms. The average Bonchev–Trinajstić information content (AvgIpc) is 3.12. The molecule has 1 saturated carbocycles. The van der Waals surface area contributed by atoms with Gasteiger partial charge in [-0.15, -0.1) is 0 Å². The van der Waals surface area contributed by atoms with Gasteiger partial charge in [-0.2, -0.15) is 5.26 Å². The average molecular weight is 311 g/mol. The Morgan fingerprint density at radius 2 is 2.17 bits per heavy atom. The van der Waals surface area contributed by atoms with E-state index in [2.05, 4.69) is 35.1 Å². The molecule has 96 valence electrons. The molecule has 1 fully saturated rings. The highest BCUT2D eigenvalue weighted by Crippen LogP contribution is 2.51. The number of halogens is 2. The van der Waals surface area contributed by atoms with E-state index in [4.69, 9.17) is 5.26 Å². The largest absolute Gasteiger partial charge is 0.382 e. The smallest absolute Gasteiger partial charge is 0.161 e. The number of nitrogens with one attached hydrogen (secondary N) is 1. The fraction of sp³-hybridized carbons (Fsp3) is 0.500. The summed E-state index contributed by atoms with van der Waals surface area (Å²) in [5.74, 6) is 0.225. The molecule has 2 rings (SSSR count). The van der Waals surface area contributed by atoms with Crippen molar-refractivity contribution in [3.05, 3.63) is 28.0 Å². The molecule has 1 aromatic carbocycles. The van der Waals surface area contributed by atoms with E-state index in [0.717, 1.165) is 6.54 Å². The minimum absolute atomic E-state index is 0.240. The lowest BCUT2D eigenvalue weighted by atomic mass is 9.92. The van der Waals surface area contributed by atoms with Crippen LogP contribution in [0.4, 0.5) is 10.1 Å². The van der Waals surface area contributed by atoms with Gasteiger partial charge in [-0.1, -0.05) is 13.8 Å². The van der Waals surface area contributed by atoms with Crippen LogP contribution in [0, 0.1) is 28.5 Å². The van der Waals surface area contributed by atoms with Gasteiger partial charge in [0.2, 0.25) is 0 Å². The van der Waals surface area contributed by atoms with E-state index >= 15 is 0 Å². The maximum atomic E-state index is 14.0. The van der Waals surface area contributed by atoms with E-state index in [1.54, 1.807) is 12.1 Å². The molecule has 0 aromatic heterocycles. The quantitative estimate of drug-likeness (QED) is 0.899. The van der Waals surface area contributed by atoms with Gasteiger partial charge in [0.15, 0.2) is 5.82 Å². The monoisotopic (exact) mass is 310 g/mol. The molecule has 0 radical (unpaired) electrons. The van der Waals surface area contributed by atoms with Crippen molar-refractivity contribution < 1.29 is 4.39 Å². The van der Waals surface area contributed by atoms with Crippen LogP contribution >= 0.6 is 15.9 Å². The fourth-order valence-electron chi connectivity index (χ4n) is 2.16. The molecule has 0 saturated heterocycles. The molecule has 0 aliphatic heterocycles. The summed E-state index contributed by atoms with van der Waals surface area (Å²) in [5, 5.41) is 12.0. The molecule has 4 heteroatoms. The number of hydrogen-bond donors (Lipinski definition) is 1. The zero-order chi connectivity index (χ0) is 13.3. The van der Waals surface area contributed by atoms with Crippen LogP contribution in [0.15, 0.2) is 16.6 Å². The third-order valence-corrected chi connectivity index (χ3v) is 4.73. The lowest BCUT2D eigenvalue weighted by Crippen LogP contribution is -2.21. The second kappa shape index (κ2) is 4.89. The second-order valence-electron chi connectivity index (χ2n) is 5.27. The molecule has 0 bridgehead atoms. The van der Waals surface area contributed by atoms with Crippen LogP contribution in [-0.2, 0) is 0 Å². The molecule has 1 aliphatic carbocycles. The molecule has 0 amide bonds. The van der Waals surface area contributed by atoms with Crippen molar-refractivity contribution in [3.8, 4) is 6.07 Å². The minimum atomic E-state index is -0.381. The van der Waals surface area contributed by atoms with Crippen molar-refractivity contribution in [2.24, 2.45) is 11.3 Å². The van der Waals surface area contributed by atoms with E-state index in [9.17, 15) is 4.39 Å². The Balaban J connectivity index is 2.12. The topological polar surface area (TPSA) is 35.8 Å². The van der Waals surface area contributed by atoms with Crippen molar-refractivity contribution in [2.75, 3.05) is 11.9 Å². The van der Waals surface area contributed by atoms with Crippen LogP contribution in [0.3, 0.4) is 0 Å². The number of anilines is 1. The Hall–Kier alpha value is -1.08. The Morgan fingerprint density at radius 3 is 2.67 bits per heavy atom. The molecule has 0 unspecified atom stereocenters. The molecule has 0 spiro atoms. The highest BCUT2D eigenvalue weighted by molar-refractivity contribution is 9.10. The van der Waals surface area contributed by atoms with Crippen molar-refractivity contribution in [3.63, 3.8) is 0 Å². The van der Waals surface area contributed by atoms with Gasteiger partial charge in [0.25, 0.3) is 0 Å². The number of nitrogens with zero attached hydrogens (tertiary/aromatic N) is 1. The molecule has 2 nitrogen and oxygen atoms in total. The molecule has 1 aromatic rings. The maximum Gasteiger partial charge on any atom is 0.161 e. The molecular weight excluding hydrogens is 295 g/mol. The predicted molar refractivity (Wildman–Crippen MR) is 73.8 cm³/mol. The first-order chi connectivity index (χ1) is 8.50. The fourth-order valence-corrected chi connectivity index (χ4v) is 2.60. The molecule has 1 aliphatic rings. The highest BCUT2D eigenvalue weighted by atomic mass is 79.9. The molecular formula is C14H16BrFN2. The van der Waals surface area contributed by atoms with Crippen LogP contribution in [-0.4, -0.2) is 6.54 Å². The van der Waals surface area contributed by atoms with Gasteiger partial charge < -0.3 is 5.32 Å². The minimum Gasteiger partial charge on any atom is -0.382 e. The number of nitriles is 1. The summed E-state index contributed by atoms with van der Waals surface area (Å²) < 4.78 is 14.2. The van der Waals surface area contributed by atoms with Gasteiger partial charge in [0.1, 0.15) is 6.07 Å². The number of rotatable bonds is 4. The van der Waals surface area contributed by atoms with Gasteiger partial charge >= 0.3 is 0 Å². The first-order valence-corrected chi connectivity index (χ1v) is 6.91. The highest BCUT2D eigenvalue weighted by Gasteiger charge is 2.45. The predicted octanol–water partition coefficient (Wildman–Crippen LogP) is 4.31. The Kier molecular flexibility index (Phi) is 3.63. The van der Waals surface area contributed by atoms with Gasteiger partial charge in [-0.3, -0.25) is 0 Å². The number of benzene rings is 1. The van der Waals surface area contributed by atoms with Crippen LogP contribution in [0.2, 0.25) is 0 Å². The van der Waals surface area contributed by atoms with E-state index in [0.29, 0.717) is 22.6 Å². The summed E-state index contributed by atoms with van der Waals surface area (Å²) in [7, 11) is 0. The lowest BCUT2D eigenvalue weighted by Gasteiger charge is -2.21. The summed E-state index contributed by atoms with van der Waals surface area (Å²) in [6.07, 6.45) is 2.41. The first kappa shape index (κ1) is 13.4. The third kappa shape index (κ3) is 2.37. The molecule has 0 heterocycles. The molecule has 0 atom stereocenters. The Labute approximate surface area is 115 Å². The first-order valence-electron chi connectivity index (χ1n) is 6.12. The summed E-state index contributed by atoms with van der Waals surface area (Å²) >= 11 is 3.12. The van der Waals surface area contributed by atoms with Crippen LogP contribution in [0.25, 0.3) is 0 Å². The zero-order valence-corrected chi connectivity index (χ0v) is 12.1. The van der Waals surface area contributed by atoms with Gasteiger partial charge in [0, 0.05) is 6.54 Å². The van der Waals surface area contributed by atoms with Crippen molar-refractivity contribution in [2.45, 2.75) is 26.7 Å². The van der Waals surface area contributed by atoms with Crippen LogP contribution < -0.4 is 5.32 Å². The van der Waals surface area contributed by atoms with Crippen molar-refractivity contribution in [1.29, 1.82) is 5.26 Å². The van der Waals surface area contributed by atoms with E-state index < -0.39 is 0 Å². The van der Waals surface area contributed by atoms with Crippen molar-refractivity contribution in [1.82, 2.24) is 0 Å².